The molecule has 1 aromatic carbocycles. The topological polar surface area (TPSA) is 84.9 Å². The third-order valence-corrected chi connectivity index (χ3v) is 5.33. The summed E-state index contributed by atoms with van der Waals surface area (Å²) < 4.78 is 11.1. The van der Waals surface area contributed by atoms with Crippen LogP contribution in [0.2, 0.25) is 0 Å². The number of amides is 2. The summed E-state index contributed by atoms with van der Waals surface area (Å²) in [5.74, 6) is -0.164. The number of nitrogens with one attached hydrogen (secondary N) is 1. The third-order valence-electron chi connectivity index (χ3n) is 5.33. The minimum Gasteiger partial charge on any atom is -0.483 e. The molecular weight excluding hydrogens is 372 g/mol. The lowest BCUT2D eigenvalue weighted by atomic mass is 9.98. The molecule has 0 spiro atoms. The van der Waals surface area contributed by atoms with Gasteiger partial charge < -0.3 is 19.7 Å². The standard InChI is InChI=1S/C22H32N2O5/c1-5-15(3)17-9-7-8-10-19(17)28-14-20(25)24-12-11-23-22(27)18(24)13-21(26)29-16(4)6-2/h7-10,15-16,18H,5-6,11-14H2,1-4H3,(H,23,27). The Kier molecular flexibility index (Phi) is 8.49. The Morgan fingerprint density at radius 3 is 2.62 bits per heavy atom. The van der Waals surface area contributed by atoms with E-state index in [9.17, 15) is 14.4 Å². The number of hydrogen-bond donors (Lipinski definition) is 1. The molecular formula is C22H32N2O5. The van der Waals surface area contributed by atoms with E-state index in [0.717, 1.165) is 12.0 Å². The monoisotopic (exact) mass is 404 g/mol. The molecule has 160 valence electrons. The van der Waals surface area contributed by atoms with Gasteiger partial charge in [0.05, 0.1) is 12.5 Å². The van der Waals surface area contributed by atoms with Crippen LogP contribution in [0.25, 0.3) is 0 Å². The summed E-state index contributed by atoms with van der Waals surface area (Å²) in [5, 5.41) is 2.71. The van der Waals surface area contributed by atoms with Crippen molar-refractivity contribution in [2.75, 3.05) is 19.7 Å². The van der Waals surface area contributed by atoms with Crippen LogP contribution in [0.5, 0.6) is 5.75 Å². The largest absolute Gasteiger partial charge is 0.483 e. The summed E-state index contributed by atoms with van der Waals surface area (Å²) in [4.78, 5) is 38.7. The summed E-state index contributed by atoms with van der Waals surface area (Å²) in [5.41, 5.74) is 1.05. The number of hydrogen-bond acceptors (Lipinski definition) is 5. The van der Waals surface area contributed by atoms with Gasteiger partial charge in [0.2, 0.25) is 5.91 Å². The number of esters is 1. The van der Waals surface area contributed by atoms with E-state index in [1.807, 2.05) is 31.2 Å². The van der Waals surface area contributed by atoms with E-state index < -0.39 is 12.0 Å². The summed E-state index contributed by atoms with van der Waals surface area (Å²) in [6.45, 7) is 8.42. The van der Waals surface area contributed by atoms with E-state index in [2.05, 4.69) is 19.2 Å². The van der Waals surface area contributed by atoms with Crippen LogP contribution in [0.3, 0.4) is 0 Å². The second-order valence-electron chi connectivity index (χ2n) is 7.44. The number of para-hydroxylation sites is 1. The van der Waals surface area contributed by atoms with Crippen LogP contribution < -0.4 is 10.1 Å². The lowest BCUT2D eigenvalue weighted by Crippen LogP contribution is -2.58. The molecule has 0 aliphatic carbocycles. The minimum atomic E-state index is -0.874. The Morgan fingerprint density at radius 1 is 1.21 bits per heavy atom. The smallest absolute Gasteiger partial charge is 0.308 e. The fraction of sp³-hybridized carbons (Fsp3) is 0.591. The molecule has 7 nitrogen and oxygen atoms in total. The van der Waals surface area contributed by atoms with Crippen LogP contribution in [0.15, 0.2) is 24.3 Å². The van der Waals surface area contributed by atoms with Crippen molar-refractivity contribution in [3.8, 4) is 5.75 Å². The zero-order valence-corrected chi connectivity index (χ0v) is 17.8. The highest BCUT2D eigenvalue weighted by atomic mass is 16.5. The number of rotatable bonds is 9. The van der Waals surface area contributed by atoms with Crippen LogP contribution in [-0.2, 0) is 19.1 Å². The summed E-state index contributed by atoms with van der Waals surface area (Å²) in [6, 6.07) is 6.79. The molecule has 1 aliphatic rings. The molecule has 0 radical (unpaired) electrons. The lowest BCUT2D eigenvalue weighted by Gasteiger charge is -2.34. The number of nitrogens with zero attached hydrogens (tertiary/aromatic N) is 1. The zero-order chi connectivity index (χ0) is 21.4. The maximum atomic E-state index is 12.8. The first-order valence-electron chi connectivity index (χ1n) is 10.4. The van der Waals surface area contributed by atoms with Crippen molar-refractivity contribution in [1.29, 1.82) is 0 Å². The quantitative estimate of drug-likeness (QED) is 0.640. The fourth-order valence-electron chi connectivity index (χ4n) is 3.19. The highest BCUT2D eigenvalue weighted by molar-refractivity contribution is 5.92. The number of ether oxygens (including phenoxy) is 2. The van der Waals surface area contributed by atoms with Gasteiger partial charge in [0.25, 0.3) is 5.91 Å². The fourth-order valence-corrected chi connectivity index (χ4v) is 3.19. The van der Waals surface area contributed by atoms with Gasteiger partial charge in [-0.15, -0.1) is 0 Å². The Balaban J connectivity index is 2.04. The summed E-state index contributed by atoms with van der Waals surface area (Å²) in [6.07, 6.45) is 1.26. The van der Waals surface area contributed by atoms with Gasteiger partial charge in [-0.25, -0.2) is 0 Å². The van der Waals surface area contributed by atoms with Crippen molar-refractivity contribution >= 4 is 17.8 Å². The van der Waals surface area contributed by atoms with Gasteiger partial charge in [-0.3, -0.25) is 14.4 Å². The number of carbonyl (C=O) groups is 3. The molecule has 3 unspecified atom stereocenters. The average molecular weight is 405 g/mol. The van der Waals surface area contributed by atoms with Crippen molar-refractivity contribution in [1.82, 2.24) is 10.2 Å². The molecule has 29 heavy (non-hydrogen) atoms. The highest BCUT2D eigenvalue weighted by Gasteiger charge is 2.35. The first kappa shape index (κ1) is 22.7. The summed E-state index contributed by atoms with van der Waals surface area (Å²) >= 11 is 0. The van der Waals surface area contributed by atoms with Gasteiger partial charge in [-0.1, -0.05) is 39.0 Å². The second-order valence-corrected chi connectivity index (χ2v) is 7.44. The van der Waals surface area contributed by atoms with E-state index in [0.29, 0.717) is 31.2 Å². The maximum Gasteiger partial charge on any atom is 0.308 e. The predicted molar refractivity (Wildman–Crippen MR) is 110 cm³/mol. The molecule has 1 heterocycles. The van der Waals surface area contributed by atoms with Crippen LogP contribution >= 0.6 is 0 Å². The first-order valence-corrected chi connectivity index (χ1v) is 10.4. The Morgan fingerprint density at radius 2 is 1.93 bits per heavy atom. The SMILES string of the molecule is CCC(C)OC(=O)CC1C(=O)NCCN1C(=O)COc1ccccc1C(C)CC. The molecule has 2 amide bonds. The van der Waals surface area contributed by atoms with Crippen molar-refractivity contribution < 1.29 is 23.9 Å². The second kappa shape index (κ2) is 10.8. The van der Waals surface area contributed by atoms with Crippen LogP contribution in [0, 0.1) is 0 Å². The normalized spacial score (nSPS) is 18.6. The first-order chi connectivity index (χ1) is 13.9. The average Bonchev–Trinajstić information content (AvgIpc) is 2.72. The molecule has 0 bridgehead atoms. The van der Waals surface area contributed by atoms with Gasteiger partial charge in [0.1, 0.15) is 11.8 Å². The summed E-state index contributed by atoms with van der Waals surface area (Å²) in [7, 11) is 0. The molecule has 3 atom stereocenters. The van der Waals surface area contributed by atoms with Crippen molar-refractivity contribution in [3.05, 3.63) is 29.8 Å². The van der Waals surface area contributed by atoms with Gasteiger partial charge in [0.15, 0.2) is 6.61 Å². The number of carbonyl (C=O) groups excluding carboxylic acids is 3. The maximum absolute atomic E-state index is 12.8. The Labute approximate surface area is 172 Å². The Hall–Kier alpha value is -2.57. The molecule has 0 saturated carbocycles. The van der Waals surface area contributed by atoms with Crippen molar-refractivity contribution in [3.63, 3.8) is 0 Å². The van der Waals surface area contributed by atoms with Crippen molar-refractivity contribution in [2.45, 2.75) is 65.0 Å². The third kappa shape index (κ3) is 6.21. The van der Waals surface area contributed by atoms with Crippen LogP contribution in [0.1, 0.15) is 58.4 Å². The van der Waals surface area contributed by atoms with E-state index in [1.165, 1.54) is 4.90 Å². The van der Waals surface area contributed by atoms with E-state index >= 15 is 0 Å². The molecule has 1 fully saturated rings. The van der Waals surface area contributed by atoms with Gasteiger partial charge in [-0.05, 0) is 37.3 Å². The number of benzene rings is 1. The predicted octanol–water partition coefficient (Wildman–Crippen LogP) is 2.64. The molecule has 2 rings (SSSR count). The van der Waals surface area contributed by atoms with E-state index in [1.54, 1.807) is 6.92 Å². The molecule has 1 aromatic rings. The van der Waals surface area contributed by atoms with Crippen molar-refractivity contribution in [2.24, 2.45) is 0 Å². The molecule has 0 aromatic heterocycles. The van der Waals surface area contributed by atoms with Gasteiger partial charge in [-0.2, -0.15) is 0 Å². The minimum absolute atomic E-state index is 0.161. The van der Waals surface area contributed by atoms with Crippen LogP contribution in [-0.4, -0.2) is 54.5 Å². The zero-order valence-electron chi connectivity index (χ0n) is 17.8. The van der Waals surface area contributed by atoms with E-state index in [-0.39, 0.29) is 30.9 Å². The molecule has 1 saturated heterocycles. The van der Waals surface area contributed by atoms with Gasteiger partial charge in [0, 0.05) is 13.1 Å². The van der Waals surface area contributed by atoms with E-state index in [4.69, 9.17) is 9.47 Å². The molecule has 1 N–H and O–H groups in total. The lowest BCUT2D eigenvalue weighted by molar-refractivity contribution is -0.155. The van der Waals surface area contributed by atoms with Gasteiger partial charge >= 0.3 is 5.97 Å². The van der Waals surface area contributed by atoms with Crippen LogP contribution in [0.4, 0.5) is 0 Å². The molecule has 1 aliphatic heterocycles. The number of piperazine rings is 1. The highest BCUT2D eigenvalue weighted by Crippen LogP contribution is 2.28. The Bertz CT molecular complexity index is 721. The molecule has 7 heteroatoms.